The Hall–Kier alpha value is -1.85. The fraction of sp³-hybridized carbons (Fsp3) is 0.647. The Kier molecular flexibility index (Phi) is 8.32. The van der Waals surface area contributed by atoms with Gasteiger partial charge in [-0.05, 0) is 32.3 Å². The van der Waals surface area contributed by atoms with Gasteiger partial charge < -0.3 is 10.6 Å². The van der Waals surface area contributed by atoms with Crippen molar-refractivity contribution in [2.45, 2.75) is 52.2 Å². The lowest BCUT2D eigenvalue weighted by Crippen LogP contribution is -2.38. The van der Waals surface area contributed by atoms with Gasteiger partial charge >= 0.3 is 5.69 Å². The highest BCUT2D eigenvalue weighted by Crippen LogP contribution is 2.09. The second-order valence-corrected chi connectivity index (χ2v) is 6.45. The van der Waals surface area contributed by atoms with Crippen molar-refractivity contribution in [3.63, 3.8) is 0 Å². The lowest BCUT2D eigenvalue weighted by Gasteiger charge is -2.11. The van der Waals surface area contributed by atoms with Crippen molar-refractivity contribution in [3.8, 4) is 0 Å². The van der Waals surface area contributed by atoms with E-state index >= 15 is 0 Å². The number of hydrogen-bond donors (Lipinski definition) is 2. The normalized spacial score (nSPS) is 13.8. The molecule has 150 valence electrons. The number of aryl methyl sites for hydroxylation is 3. The van der Waals surface area contributed by atoms with E-state index in [1.165, 1.54) is 0 Å². The minimum Gasteiger partial charge on any atom is -0.357 e. The van der Waals surface area contributed by atoms with Gasteiger partial charge in [-0.3, -0.25) is 9.25 Å². The van der Waals surface area contributed by atoms with E-state index < -0.39 is 0 Å². The molecule has 27 heavy (non-hydrogen) atoms. The van der Waals surface area contributed by atoms with Gasteiger partial charge in [0.15, 0.2) is 5.96 Å². The molecule has 2 N–H and O–H groups in total. The molecule has 3 rings (SSSR count). The summed E-state index contributed by atoms with van der Waals surface area (Å²) in [7, 11) is 1.91. The predicted molar refractivity (Wildman–Crippen MR) is 115 cm³/mol. The summed E-state index contributed by atoms with van der Waals surface area (Å²) in [5.41, 5.74) is 1.08. The summed E-state index contributed by atoms with van der Waals surface area (Å²) >= 11 is 0. The third-order valence-corrected chi connectivity index (χ3v) is 4.54. The van der Waals surface area contributed by atoms with E-state index in [2.05, 4.69) is 25.8 Å². The van der Waals surface area contributed by atoms with E-state index in [-0.39, 0.29) is 29.7 Å². The van der Waals surface area contributed by atoms with Crippen LogP contribution in [0.3, 0.4) is 0 Å². The number of nitrogens with one attached hydrogen (secondary N) is 2. The quantitative estimate of drug-likeness (QED) is 0.261. The van der Waals surface area contributed by atoms with Crippen LogP contribution in [-0.4, -0.2) is 43.2 Å². The molecule has 0 bridgehead atoms. The molecule has 0 aromatic carbocycles. The molecular formula is C17H29IN8O. The average Bonchev–Trinajstić information content (AvgIpc) is 3.20. The van der Waals surface area contributed by atoms with Crippen molar-refractivity contribution in [3.05, 3.63) is 34.3 Å². The lowest BCUT2D eigenvalue weighted by molar-refractivity contribution is 0.509. The van der Waals surface area contributed by atoms with E-state index in [0.29, 0.717) is 13.1 Å². The topological polar surface area (TPSA) is 94.1 Å². The molecule has 0 saturated carbocycles. The van der Waals surface area contributed by atoms with E-state index in [1.54, 1.807) is 10.9 Å². The zero-order valence-electron chi connectivity index (χ0n) is 16.0. The van der Waals surface area contributed by atoms with E-state index in [1.807, 2.05) is 29.3 Å². The maximum absolute atomic E-state index is 12.3. The minimum absolute atomic E-state index is 0. The summed E-state index contributed by atoms with van der Waals surface area (Å²) in [5.74, 6) is 1.70. The van der Waals surface area contributed by atoms with E-state index in [4.69, 9.17) is 0 Å². The van der Waals surface area contributed by atoms with Gasteiger partial charge in [0.2, 0.25) is 0 Å². The molecule has 0 aliphatic carbocycles. The van der Waals surface area contributed by atoms with Gasteiger partial charge in [-0.15, -0.1) is 24.0 Å². The number of rotatable bonds is 7. The molecule has 0 saturated heterocycles. The number of aliphatic imine (C=N–C) groups is 1. The Bertz CT molecular complexity index is 806. The van der Waals surface area contributed by atoms with E-state index in [0.717, 1.165) is 62.8 Å². The third-order valence-electron chi connectivity index (χ3n) is 4.54. The summed E-state index contributed by atoms with van der Waals surface area (Å²) in [5, 5.41) is 15.2. The van der Waals surface area contributed by atoms with Crippen LogP contribution in [0, 0.1) is 0 Å². The number of aromatic nitrogens is 5. The fourth-order valence-corrected chi connectivity index (χ4v) is 3.09. The molecule has 2 aromatic heterocycles. The molecule has 0 radical (unpaired) electrons. The lowest BCUT2D eigenvalue weighted by atomic mass is 10.2. The SMILES string of the molecule is CCNC(=NCc1ccnn1C)NCCCn1nc2n(c1=O)CCCC2.I. The van der Waals surface area contributed by atoms with Crippen LogP contribution in [-0.2, 0) is 33.1 Å². The van der Waals surface area contributed by atoms with Gasteiger partial charge in [-0.1, -0.05) is 0 Å². The number of fused-ring (bicyclic) bond motifs is 1. The minimum atomic E-state index is 0. The first kappa shape index (κ1) is 21.5. The van der Waals surface area contributed by atoms with Gasteiger partial charge in [0.25, 0.3) is 0 Å². The Morgan fingerprint density at radius 2 is 2.19 bits per heavy atom. The van der Waals surface area contributed by atoms with Crippen molar-refractivity contribution < 1.29 is 0 Å². The van der Waals surface area contributed by atoms with Gasteiger partial charge in [-0.25, -0.2) is 14.5 Å². The first-order chi connectivity index (χ1) is 12.7. The molecule has 2 aromatic rings. The highest BCUT2D eigenvalue weighted by Gasteiger charge is 2.16. The van der Waals surface area contributed by atoms with Crippen molar-refractivity contribution in [1.82, 2.24) is 34.8 Å². The molecule has 0 spiro atoms. The van der Waals surface area contributed by atoms with Crippen LogP contribution < -0.4 is 16.3 Å². The standard InChI is InChI=1S/C17H28N8O.HI/c1-3-18-16(20-13-14-8-10-21-23(14)2)19-9-6-12-25-17(26)24-11-5-4-7-15(24)22-25;/h8,10H,3-7,9,11-13H2,1-2H3,(H2,18,19,20);1H. The van der Waals surface area contributed by atoms with Crippen molar-refractivity contribution in [2.75, 3.05) is 13.1 Å². The Morgan fingerprint density at radius 1 is 1.33 bits per heavy atom. The largest absolute Gasteiger partial charge is 0.357 e. The van der Waals surface area contributed by atoms with Crippen LogP contribution in [0.2, 0.25) is 0 Å². The van der Waals surface area contributed by atoms with Crippen LogP contribution in [0.25, 0.3) is 0 Å². The van der Waals surface area contributed by atoms with Crippen LogP contribution in [0.1, 0.15) is 37.7 Å². The summed E-state index contributed by atoms with van der Waals surface area (Å²) < 4.78 is 5.23. The van der Waals surface area contributed by atoms with Crippen molar-refractivity contribution in [2.24, 2.45) is 12.0 Å². The van der Waals surface area contributed by atoms with Gasteiger partial charge in [-0.2, -0.15) is 10.2 Å². The Labute approximate surface area is 176 Å². The van der Waals surface area contributed by atoms with Gasteiger partial charge in [0, 0.05) is 45.8 Å². The molecule has 3 heterocycles. The zero-order valence-corrected chi connectivity index (χ0v) is 18.3. The highest BCUT2D eigenvalue weighted by atomic mass is 127. The molecular weight excluding hydrogens is 459 g/mol. The second kappa shape index (κ2) is 10.5. The first-order valence-corrected chi connectivity index (χ1v) is 9.34. The Morgan fingerprint density at radius 3 is 2.89 bits per heavy atom. The van der Waals surface area contributed by atoms with Crippen molar-refractivity contribution >= 4 is 29.9 Å². The smallest absolute Gasteiger partial charge is 0.345 e. The molecule has 1 aliphatic rings. The second-order valence-electron chi connectivity index (χ2n) is 6.45. The van der Waals surface area contributed by atoms with Gasteiger partial charge in [0.1, 0.15) is 5.82 Å². The molecule has 0 fully saturated rings. The molecule has 1 aliphatic heterocycles. The zero-order chi connectivity index (χ0) is 18.4. The number of halogens is 1. The summed E-state index contributed by atoms with van der Waals surface area (Å²) in [6.45, 7) is 5.55. The summed E-state index contributed by atoms with van der Waals surface area (Å²) in [6.07, 6.45) is 5.68. The summed E-state index contributed by atoms with van der Waals surface area (Å²) in [4.78, 5) is 16.9. The molecule has 9 nitrogen and oxygen atoms in total. The number of guanidine groups is 1. The third kappa shape index (κ3) is 5.56. The molecule has 0 atom stereocenters. The highest BCUT2D eigenvalue weighted by molar-refractivity contribution is 14.0. The number of nitrogens with zero attached hydrogens (tertiary/aromatic N) is 6. The van der Waals surface area contributed by atoms with Crippen LogP contribution in [0.4, 0.5) is 0 Å². The van der Waals surface area contributed by atoms with Gasteiger partial charge in [0.05, 0.1) is 12.2 Å². The molecule has 10 heteroatoms. The van der Waals surface area contributed by atoms with Crippen LogP contribution in [0.15, 0.2) is 22.1 Å². The van der Waals surface area contributed by atoms with Crippen LogP contribution >= 0.6 is 24.0 Å². The maximum Gasteiger partial charge on any atom is 0.345 e. The first-order valence-electron chi connectivity index (χ1n) is 9.34. The monoisotopic (exact) mass is 488 g/mol. The van der Waals surface area contributed by atoms with E-state index in [9.17, 15) is 4.79 Å². The van der Waals surface area contributed by atoms with Crippen molar-refractivity contribution in [1.29, 1.82) is 0 Å². The van der Waals surface area contributed by atoms with Crippen LogP contribution in [0.5, 0.6) is 0 Å². The predicted octanol–water partition coefficient (Wildman–Crippen LogP) is 0.878. The number of hydrogen-bond acceptors (Lipinski definition) is 4. The fourth-order valence-electron chi connectivity index (χ4n) is 3.09. The maximum atomic E-state index is 12.3. The molecule has 0 unspecified atom stereocenters. The average molecular weight is 488 g/mol. The Balaban J connectivity index is 0.00000261. The summed E-state index contributed by atoms with van der Waals surface area (Å²) in [6, 6.07) is 1.96. The molecule has 0 amide bonds.